The molecule has 0 aliphatic carbocycles. The zero-order valence-corrected chi connectivity index (χ0v) is 11.2. The molecule has 0 unspecified atom stereocenters. The molecule has 0 bridgehead atoms. The average molecular weight is 279 g/mol. The number of hydrogen-bond acceptors (Lipinski definition) is 6. The van der Waals surface area contributed by atoms with Crippen molar-refractivity contribution in [2.45, 2.75) is 24.8 Å². The van der Waals surface area contributed by atoms with Crippen molar-refractivity contribution in [1.29, 1.82) is 0 Å². The van der Waals surface area contributed by atoms with Gasteiger partial charge in [0, 0.05) is 12.6 Å². The Morgan fingerprint density at radius 3 is 2.95 bits per heavy atom. The molecule has 0 saturated carbocycles. The number of aromatic nitrogens is 3. The second-order valence-corrected chi connectivity index (χ2v) is 4.83. The summed E-state index contributed by atoms with van der Waals surface area (Å²) >= 11 is 1.17. The van der Waals surface area contributed by atoms with Crippen molar-refractivity contribution in [3.05, 3.63) is 24.2 Å². The minimum atomic E-state index is -0.864. The molecule has 2 heterocycles. The maximum Gasteiger partial charge on any atom is 0.313 e. The number of aryl methyl sites for hydroxylation is 1. The van der Waals surface area contributed by atoms with Gasteiger partial charge < -0.3 is 9.63 Å². The van der Waals surface area contributed by atoms with E-state index in [2.05, 4.69) is 15.1 Å². The maximum absolute atomic E-state index is 10.4. The van der Waals surface area contributed by atoms with Gasteiger partial charge in [-0.05, 0) is 18.6 Å². The highest BCUT2D eigenvalue weighted by Gasteiger charge is 2.09. The van der Waals surface area contributed by atoms with Crippen LogP contribution in [0.5, 0.6) is 0 Å². The molecule has 2 rings (SSSR count). The lowest BCUT2D eigenvalue weighted by atomic mass is 10.3. The predicted molar refractivity (Wildman–Crippen MR) is 69.9 cm³/mol. The van der Waals surface area contributed by atoms with Crippen LogP contribution < -0.4 is 0 Å². The van der Waals surface area contributed by atoms with Crippen molar-refractivity contribution < 1.29 is 14.4 Å². The number of aliphatic carboxylic acids is 1. The minimum absolute atomic E-state index is 0.00640. The van der Waals surface area contributed by atoms with Gasteiger partial charge in [-0.3, -0.25) is 4.79 Å². The van der Waals surface area contributed by atoms with Crippen LogP contribution in [0.4, 0.5) is 0 Å². The first-order valence-electron chi connectivity index (χ1n) is 5.82. The number of carboxylic acids is 1. The smallest absolute Gasteiger partial charge is 0.313 e. The maximum atomic E-state index is 10.4. The summed E-state index contributed by atoms with van der Waals surface area (Å²) in [5, 5.41) is 13.1. The number of carboxylic acid groups (broad SMARTS) is 1. The van der Waals surface area contributed by atoms with E-state index in [9.17, 15) is 4.79 Å². The quantitative estimate of drug-likeness (QED) is 0.811. The van der Waals surface area contributed by atoms with E-state index in [1.54, 1.807) is 18.3 Å². The van der Waals surface area contributed by atoms with E-state index in [4.69, 9.17) is 9.63 Å². The van der Waals surface area contributed by atoms with Crippen molar-refractivity contribution in [1.82, 2.24) is 15.1 Å². The average Bonchev–Trinajstić information content (AvgIpc) is 2.86. The summed E-state index contributed by atoms with van der Waals surface area (Å²) in [7, 11) is 0. The largest absolute Gasteiger partial charge is 0.481 e. The van der Waals surface area contributed by atoms with E-state index in [-0.39, 0.29) is 5.75 Å². The van der Waals surface area contributed by atoms with Gasteiger partial charge in [0.1, 0.15) is 0 Å². The molecule has 2 aromatic rings. The third-order valence-electron chi connectivity index (χ3n) is 2.27. The normalized spacial score (nSPS) is 10.6. The van der Waals surface area contributed by atoms with Crippen molar-refractivity contribution >= 4 is 17.7 Å². The second kappa shape index (κ2) is 6.33. The Kier molecular flexibility index (Phi) is 4.51. The fourth-order valence-electron chi connectivity index (χ4n) is 1.42. The van der Waals surface area contributed by atoms with Crippen molar-refractivity contribution in [3.8, 4) is 11.5 Å². The van der Waals surface area contributed by atoms with Gasteiger partial charge in [0.05, 0.1) is 16.3 Å². The van der Waals surface area contributed by atoms with Crippen LogP contribution >= 0.6 is 11.8 Å². The molecule has 0 aliphatic heterocycles. The highest BCUT2D eigenvalue weighted by atomic mass is 32.2. The summed E-state index contributed by atoms with van der Waals surface area (Å²) in [4.78, 5) is 18.9. The third-order valence-corrected chi connectivity index (χ3v) is 3.20. The summed E-state index contributed by atoms with van der Waals surface area (Å²) in [5.74, 6) is 0.248. The van der Waals surface area contributed by atoms with Crippen LogP contribution in [-0.4, -0.2) is 32.0 Å². The zero-order chi connectivity index (χ0) is 13.7. The van der Waals surface area contributed by atoms with E-state index in [1.807, 2.05) is 6.92 Å². The van der Waals surface area contributed by atoms with Gasteiger partial charge in [0.2, 0.25) is 0 Å². The number of nitrogens with zero attached hydrogens (tertiary/aromatic N) is 3. The Morgan fingerprint density at radius 1 is 1.47 bits per heavy atom. The number of hydrogen-bond donors (Lipinski definition) is 1. The molecule has 0 atom stereocenters. The molecule has 19 heavy (non-hydrogen) atoms. The van der Waals surface area contributed by atoms with Gasteiger partial charge in [-0.25, -0.2) is 4.98 Å². The van der Waals surface area contributed by atoms with E-state index in [1.165, 1.54) is 11.8 Å². The molecular formula is C12H13N3O3S. The molecule has 100 valence electrons. The van der Waals surface area contributed by atoms with Crippen LogP contribution in [0.15, 0.2) is 27.9 Å². The molecule has 0 aliphatic rings. The topological polar surface area (TPSA) is 89.1 Å². The first-order chi connectivity index (χ1) is 9.19. The molecule has 0 fully saturated rings. The van der Waals surface area contributed by atoms with Crippen molar-refractivity contribution in [2.75, 3.05) is 5.75 Å². The van der Waals surface area contributed by atoms with Crippen LogP contribution in [0.2, 0.25) is 0 Å². The summed E-state index contributed by atoms with van der Waals surface area (Å²) in [5.41, 5.74) is 0.731. The Morgan fingerprint density at radius 2 is 2.32 bits per heavy atom. The van der Waals surface area contributed by atoms with Gasteiger partial charge in [0.25, 0.3) is 5.89 Å². The molecule has 1 N–H and O–H groups in total. The lowest BCUT2D eigenvalue weighted by Crippen LogP contribution is -1.97. The van der Waals surface area contributed by atoms with Crippen molar-refractivity contribution in [2.24, 2.45) is 0 Å². The molecule has 0 amide bonds. The number of carbonyl (C=O) groups is 1. The van der Waals surface area contributed by atoms with E-state index < -0.39 is 5.97 Å². The van der Waals surface area contributed by atoms with Gasteiger partial charge in [-0.1, -0.05) is 23.8 Å². The van der Waals surface area contributed by atoms with Crippen LogP contribution in [0.25, 0.3) is 11.5 Å². The summed E-state index contributed by atoms with van der Waals surface area (Å²) in [6.45, 7) is 2.05. The zero-order valence-electron chi connectivity index (χ0n) is 10.4. The fourth-order valence-corrected chi connectivity index (χ4v) is 1.99. The SMILES string of the molecule is CCCc1noc(-c2ccc(SCC(=O)O)nc2)n1. The first kappa shape index (κ1) is 13.5. The molecule has 7 heteroatoms. The van der Waals surface area contributed by atoms with Gasteiger partial charge in [0.15, 0.2) is 5.82 Å². The lowest BCUT2D eigenvalue weighted by molar-refractivity contribution is -0.133. The monoisotopic (exact) mass is 279 g/mol. The fraction of sp³-hybridized carbons (Fsp3) is 0.333. The molecule has 0 spiro atoms. The van der Waals surface area contributed by atoms with Gasteiger partial charge in [-0.15, -0.1) is 0 Å². The van der Waals surface area contributed by atoms with Crippen LogP contribution in [0, 0.1) is 0 Å². The molecule has 0 saturated heterocycles. The van der Waals surface area contributed by atoms with Crippen LogP contribution in [0.1, 0.15) is 19.2 Å². The molecule has 6 nitrogen and oxygen atoms in total. The number of thioether (sulfide) groups is 1. The Labute approximate surface area is 114 Å². The third kappa shape index (κ3) is 3.78. The Hall–Kier alpha value is -1.89. The molecule has 0 radical (unpaired) electrons. The van der Waals surface area contributed by atoms with E-state index in [0.717, 1.165) is 18.4 Å². The predicted octanol–water partition coefficient (Wildman–Crippen LogP) is 2.26. The minimum Gasteiger partial charge on any atom is -0.481 e. The highest BCUT2D eigenvalue weighted by Crippen LogP contribution is 2.20. The summed E-state index contributed by atoms with van der Waals surface area (Å²) in [6.07, 6.45) is 3.35. The summed E-state index contributed by atoms with van der Waals surface area (Å²) < 4.78 is 5.14. The Bertz CT molecular complexity index is 554. The lowest BCUT2D eigenvalue weighted by Gasteiger charge is -1.98. The van der Waals surface area contributed by atoms with Crippen LogP contribution in [-0.2, 0) is 11.2 Å². The molecular weight excluding hydrogens is 266 g/mol. The first-order valence-corrected chi connectivity index (χ1v) is 6.81. The van der Waals surface area contributed by atoms with Gasteiger partial charge >= 0.3 is 5.97 Å². The van der Waals surface area contributed by atoms with Crippen LogP contribution in [0.3, 0.4) is 0 Å². The van der Waals surface area contributed by atoms with Gasteiger partial charge in [-0.2, -0.15) is 4.98 Å². The number of rotatable bonds is 6. The molecule has 2 aromatic heterocycles. The second-order valence-electron chi connectivity index (χ2n) is 3.83. The van der Waals surface area contributed by atoms with E-state index in [0.29, 0.717) is 16.7 Å². The standard InChI is InChI=1S/C12H13N3O3S/c1-2-3-9-14-12(18-15-9)8-4-5-10(13-6-8)19-7-11(16)17/h4-6H,2-3,7H2,1H3,(H,16,17). The Balaban J connectivity index is 2.06. The highest BCUT2D eigenvalue weighted by molar-refractivity contribution is 7.99. The van der Waals surface area contributed by atoms with E-state index >= 15 is 0 Å². The van der Waals surface area contributed by atoms with Crippen molar-refractivity contribution in [3.63, 3.8) is 0 Å². The number of pyridine rings is 1. The molecule has 0 aromatic carbocycles. The summed E-state index contributed by atoms with van der Waals surface area (Å²) in [6, 6.07) is 3.53.